The van der Waals surface area contributed by atoms with E-state index in [2.05, 4.69) is 5.32 Å². The molecule has 0 saturated heterocycles. The van der Waals surface area contributed by atoms with Gasteiger partial charge in [0.05, 0.1) is 6.54 Å². The van der Waals surface area contributed by atoms with Crippen molar-refractivity contribution in [2.24, 2.45) is 0 Å². The minimum absolute atomic E-state index is 0.0522. The Balaban J connectivity index is 1.97. The Hall–Kier alpha value is -2.08. The molecule has 2 rings (SSSR count). The van der Waals surface area contributed by atoms with Gasteiger partial charge in [-0.1, -0.05) is 18.2 Å². The second kappa shape index (κ2) is 5.71. The highest BCUT2D eigenvalue weighted by Gasteiger charge is 2.25. The van der Waals surface area contributed by atoms with E-state index in [1.807, 2.05) is 24.3 Å². The van der Waals surface area contributed by atoms with E-state index in [9.17, 15) is 9.59 Å². The smallest absolute Gasteiger partial charge is 0.334 e. The van der Waals surface area contributed by atoms with Gasteiger partial charge in [-0.15, -0.1) is 0 Å². The number of hydrogen-bond acceptors (Lipinski definition) is 3. The van der Waals surface area contributed by atoms with E-state index in [1.165, 1.54) is 7.11 Å². The average molecular weight is 264 g/mol. The molecular formula is C13H16N2O4. The third-order valence-electron chi connectivity index (χ3n) is 3.13. The number of aliphatic carboxylic acids is 1. The summed E-state index contributed by atoms with van der Waals surface area (Å²) in [6.45, 7) is 0.555. The van der Waals surface area contributed by atoms with Crippen LogP contribution in [0.3, 0.4) is 0 Å². The van der Waals surface area contributed by atoms with Crippen molar-refractivity contribution in [1.29, 1.82) is 0 Å². The Morgan fingerprint density at radius 2 is 2.21 bits per heavy atom. The molecule has 2 amide bonds. The van der Waals surface area contributed by atoms with Crippen LogP contribution in [0.2, 0.25) is 0 Å². The number of carboxylic acids is 1. The summed E-state index contributed by atoms with van der Waals surface area (Å²) in [6, 6.07) is 7.38. The molecule has 0 saturated carbocycles. The van der Waals surface area contributed by atoms with Gasteiger partial charge in [-0.2, -0.15) is 0 Å². The summed E-state index contributed by atoms with van der Waals surface area (Å²) in [4.78, 5) is 24.4. The number of nitrogens with zero attached hydrogens (tertiary/aromatic N) is 1. The number of benzene rings is 1. The summed E-state index contributed by atoms with van der Waals surface area (Å²) < 4.78 is 4.76. The number of amides is 2. The molecule has 2 N–H and O–H groups in total. The van der Waals surface area contributed by atoms with Crippen molar-refractivity contribution < 1.29 is 19.4 Å². The Kier molecular flexibility index (Phi) is 4.01. The van der Waals surface area contributed by atoms with Crippen molar-refractivity contribution in [2.75, 3.05) is 25.1 Å². The predicted molar refractivity (Wildman–Crippen MR) is 69.3 cm³/mol. The van der Waals surface area contributed by atoms with Crippen LogP contribution in [0.5, 0.6) is 0 Å². The van der Waals surface area contributed by atoms with Crippen LogP contribution in [0.25, 0.3) is 0 Å². The minimum atomic E-state index is -1.09. The summed E-state index contributed by atoms with van der Waals surface area (Å²) in [5.41, 5.74) is 2.00. The van der Waals surface area contributed by atoms with Crippen molar-refractivity contribution in [3.05, 3.63) is 29.8 Å². The molecule has 6 heteroatoms. The third kappa shape index (κ3) is 2.85. The molecule has 0 aliphatic carbocycles. The molecule has 6 nitrogen and oxygen atoms in total. The maximum absolute atomic E-state index is 12.0. The zero-order chi connectivity index (χ0) is 13.8. The first-order valence-corrected chi connectivity index (χ1v) is 6.02. The Bertz CT molecular complexity index is 489. The number of urea groups is 1. The van der Waals surface area contributed by atoms with Gasteiger partial charge in [0.15, 0.2) is 6.10 Å². The van der Waals surface area contributed by atoms with Crippen LogP contribution in [0.1, 0.15) is 5.56 Å². The lowest BCUT2D eigenvalue weighted by molar-refractivity contribution is -0.147. The quantitative estimate of drug-likeness (QED) is 0.845. The standard InChI is InChI=1S/C13H16N2O4/c1-19-11(12(16)17)8-14-13(18)15-7-6-9-4-2-3-5-10(9)15/h2-5,11H,6-8H2,1H3,(H,14,18)(H,16,17)/t11-/m0/s1. The van der Waals surface area contributed by atoms with Gasteiger partial charge in [-0.3, -0.25) is 4.90 Å². The number of rotatable bonds is 4. The molecule has 0 radical (unpaired) electrons. The Morgan fingerprint density at radius 3 is 2.89 bits per heavy atom. The van der Waals surface area contributed by atoms with Crippen LogP contribution in [-0.4, -0.2) is 43.4 Å². The van der Waals surface area contributed by atoms with E-state index < -0.39 is 12.1 Å². The van der Waals surface area contributed by atoms with Gasteiger partial charge in [0.1, 0.15) is 0 Å². The van der Waals surface area contributed by atoms with Gasteiger partial charge in [0.25, 0.3) is 0 Å². The van der Waals surface area contributed by atoms with Crippen molar-refractivity contribution in [1.82, 2.24) is 5.32 Å². The first kappa shape index (κ1) is 13.4. The molecule has 19 heavy (non-hydrogen) atoms. The summed E-state index contributed by atoms with van der Waals surface area (Å²) in [6.07, 6.45) is -0.210. The average Bonchev–Trinajstić information content (AvgIpc) is 2.82. The van der Waals surface area contributed by atoms with Crippen molar-refractivity contribution in [3.8, 4) is 0 Å². The maximum atomic E-state index is 12.0. The third-order valence-corrected chi connectivity index (χ3v) is 3.13. The molecule has 1 aliphatic heterocycles. The summed E-state index contributed by atoms with van der Waals surface area (Å²) in [7, 11) is 1.30. The van der Waals surface area contributed by atoms with Crippen LogP contribution >= 0.6 is 0 Å². The molecule has 1 aliphatic rings. The fourth-order valence-corrected chi connectivity index (χ4v) is 2.10. The topological polar surface area (TPSA) is 78.9 Å². The SMILES string of the molecule is CO[C@@H](CNC(=O)N1CCc2ccccc21)C(=O)O. The number of ether oxygens (including phenoxy) is 1. The number of para-hydroxylation sites is 1. The number of carboxylic acid groups (broad SMARTS) is 1. The number of fused-ring (bicyclic) bond motifs is 1. The molecule has 102 valence electrons. The van der Waals surface area contributed by atoms with Crippen molar-refractivity contribution >= 4 is 17.7 Å². The Morgan fingerprint density at radius 1 is 1.47 bits per heavy atom. The maximum Gasteiger partial charge on any atom is 0.334 e. The monoisotopic (exact) mass is 264 g/mol. The van der Waals surface area contributed by atoms with Gasteiger partial charge in [-0.05, 0) is 18.1 Å². The zero-order valence-corrected chi connectivity index (χ0v) is 10.6. The molecule has 1 atom stereocenters. The van der Waals surface area contributed by atoms with Crippen LogP contribution in [0.4, 0.5) is 10.5 Å². The van der Waals surface area contributed by atoms with Crippen molar-refractivity contribution in [2.45, 2.75) is 12.5 Å². The highest BCUT2D eigenvalue weighted by atomic mass is 16.5. The first-order chi connectivity index (χ1) is 9.13. The van der Waals surface area contributed by atoms with E-state index in [-0.39, 0.29) is 12.6 Å². The van der Waals surface area contributed by atoms with Gasteiger partial charge in [-0.25, -0.2) is 9.59 Å². The van der Waals surface area contributed by atoms with Crippen LogP contribution in [-0.2, 0) is 16.0 Å². The van der Waals surface area contributed by atoms with E-state index >= 15 is 0 Å². The van der Waals surface area contributed by atoms with Crippen LogP contribution in [0, 0.1) is 0 Å². The lowest BCUT2D eigenvalue weighted by atomic mass is 10.2. The predicted octanol–water partition coefficient (Wildman–Crippen LogP) is 0.858. The number of carbonyl (C=O) groups is 2. The number of hydrogen-bond donors (Lipinski definition) is 2. The first-order valence-electron chi connectivity index (χ1n) is 6.02. The van der Waals surface area contributed by atoms with Crippen LogP contribution in [0.15, 0.2) is 24.3 Å². The number of carbonyl (C=O) groups excluding carboxylic acids is 1. The van der Waals surface area contributed by atoms with Gasteiger partial charge in [0, 0.05) is 19.3 Å². The molecule has 0 fully saturated rings. The minimum Gasteiger partial charge on any atom is -0.479 e. The van der Waals surface area contributed by atoms with E-state index in [0.717, 1.165) is 17.7 Å². The molecular weight excluding hydrogens is 248 g/mol. The van der Waals surface area contributed by atoms with Gasteiger partial charge >= 0.3 is 12.0 Å². The lowest BCUT2D eigenvalue weighted by Gasteiger charge is -2.19. The molecule has 0 spiro atoms. The fourth-order valence-electron chi connectivity index (χ4n) is 2.10. The van der Waals surface area contributed by atoms with Gasteiger partial charge < -0.3 is 15.2 Å². The summed E-state index contributed by atoms with van der Waals surface area (Å²) in [5.74, 6) is -1.09. The zero-order valence-electron chi connectivity index (χ0n) is 10.6. The number of anilines is 1. The summed E-state index contributed by atoms with van der Waals surface area (Å²) >= 11 is 0. The Labute approximate surface area is 111 Å². The molecule has 0 unspecified atom stereocenters. The largest absolute Gasteiger partial charge is 0.479 e. The van der Waals surface area contributed by atoms with E-state index in [1.54, 1.807) is 4.90 Å². The lowest BCUT2D eigenvalue weighted by Crippen LogP contribution is -2.44. The molecule has 1 aromatic rings. The van der Waals surface area contributed by atoms with Gasteiger partial charge in [0.2, 0.25) is 0 Å². The second-order valence-electron chi connectivity index (χ2n) is 4.28. The molecule has 0 aromatic heterocycles. The molecule has 0 bridgehead atoms. The summed E-state index contributed by atoms with van der Waals surface area (Å²) in [5, 5.41) is 11.4. The van der Waals surface area contributed by atoms with E-state index in [0.29, 0.717) is 6.54 Å². The molecule has 1 aromatic carbocycles. The normalized spacial score (nSPS) is 14.9. The second-order valence-corrected chi connectivity index (χ2v) is 4.28. The highest BCUT2D eigenvalue weighted by molar-refractivity contribution is 5.94. The number of nitrogens with one attached hydrogen (secondary N) is 1. The number of methoxy groups -OCH3 is 1. The molecule has 1 heterocycles. The van der Waals surface area contributed by atoms with E-state index in [4.69, 9.17) is 9.84 Å². The fraction of sp³-hybridized carbons (Fsp3) is 0.385. The van der Waals surface area contributed by atoms with Crippen molar-refractivity contribution in [3.63, 3.8) is 0 Å². The van der Waals surface area contributed by atoms with Crippen LogP contribution < -0.4 is 10.2 Å². The highest BCUT2D eigenvalue weighted by Crippen LogP contribution is 2.27.